The number of carbonyl (C=O) groups excluding carboxylic acids is 2. The average Bonchev–Trinajstić information content (AvgIpc) is 2.84. The van der Waals surface area contributed by atoms with Gasteiger partial charge in [0.05, 0.1) is 0 Å². The molecule has 1 aliphatic rings. The highest BCUT2D eigenvalue weighted by Crippen LogP contribution is 2.27. The van der Waals surface area contributed by atoms with Gasteiger partial charge in [-0.25, -0.2) is 0 Å². The Hall–Kier alpha value is -1.88. The third-order valence-corrected chi connectivity index (χ3v) is 3.89. The number of benzene rings is 1. The third-order valence-electron chi connectivity index (χ3n) is 3.89. The zero-order chi connectivity index (χ0) is 16.1. The van der Waals surface area contributed by atoms with Crippen LogP contribution in [0.2, 0.25) is 0 Å². The highest BCUT2D eigenvalue weighted by molar-refractivity contribution is 6.09. The maximum Gasteiger partial charge on any atom is 0.239 e. The summed E-state index contributed by atoms with van der Waals surface area (Å²) in [4.78, 5) is 26.4. The van der Waals surface area contributed by atoms with Crippen LogP contribution in [-0.2, 0) is 9.59 Å². The van der Waals surface area contributed by atoms with Gasteiger partial charge >= 0.3 is 0 Å². The molecule has 1 saturated heterocycles. The van der Waals surface area contributed by atoms with E-state index in [-0.39, 0.29) is 11.8 Å². The number of nitrogens with zero attached hydrogens (tertiary/aromatic N) is 1. The van der Waals surface area contributed by atoms with Crippen molar-refractivity contribution in [2.24, 2.45) is 5.92 Å². The van der Waals surface area contributed by atoms with E-state index in [1.165, 1.54) is 0 Å². The number of carbonyl (C=O) groups is 2. The van der Waals surface area contributed by atoms with E-state index in [2.05, 4.69) is 16.7 Å². The van der Waals surface area contributed by atoms with Crippen LogP contribution in [0.5, 0.6) is 0 Å². The van der Waals surface area contributed by atoms with Gasteiger partial charge < -0.3 is 15.5 Å². The summed E-state index contributed by atoms with van der Waals surface area (Å²) in [5.41, 5.74) is 3.15. The van der Waals surface area contributed by atoms with Crippen molar-refractivity contribution in [3.05, 3.63) is 29.3 Å². The third kappa shape index (κ3) is 3.85. The minimum absolute atomic E-state index is 0.0917. The van der Waals surface area contributed by atoms with E-state index in [0.29, 0.717) is 19.5 Å². The van der Waals surface area contributed by atoms with Gasteiger partial charge in [-0.05, 0) is 50.1 Å². The van der Waals surface area contributed by atoms with Gasteiger partial charge in [-0.1, -0.05) is 13.0 Å². The number of hydrogen-bond acceptors (Lipinski definition) is 3. The maximum absolute atomic E-state index is 12.5. The zero-order valence-electron chi connectivity index (χ0n) is 13.6. The number of hydrogen-bond donors (Lipinski definition) is 2. The minimum atomic E-state index is -0.553. The van der Waals surface area contributed by atoms with Gasteiger partial charge in [-0.15, -0.1) is 0 Å². The van der Waals surface area contributed by atoms with Crippen molar-refractivity contribution in [3.63, 3.8) is 0 Å². The van der Waals surface area contributed by atoms with Crippen molar-refractivity contribution in [2.45, 2.75) is 27.2 Å². The molecule has 1 aromatic carbocycles. The van der Waals surface area contributed by atoms with Crippen LogP contribution >= 0.6 is 0 Å². The summed E-state index contributed by atoms with van der Waals surface area (Å²) in [6.07, 6.45) is 0.582. The highest BCUT2D eigenvalue weighted by Gasteiger charge is 2.37. The molecule has 0 spiro atoms. The van der Waals surface area contributed by atoms with Crippen LogP contribution in [0, 0.1) is 19.8 Å². The number of rotatable bonds is 6. The fraction of sp³-hybridized carbons (Fsp3) is 0.529. The number of amides is 2. The summed E-state index contributed by atoms with van der Waals surface area (Å²) in [5.74, 6) is -0.803. The number of aryl methyl sites for hydroxylation is 2. The van der Waals surface area contributed by atoms with E-state index in [1.807, 2.05) is 32.9 Å². The smallest absolute Gasteiger partial charge is 0.239 e. The van der Waals surface area contributed by atoms with Crippen molar-refractivity contribution in [3.8, 4) is 0 Å². The lowest BCUT2D eigenvalue weighted by Gasteiger charge is -2.18. The molecule has 2 N–H and O–H groups in total. The summed E-state index contributed by atoms with van der Waals surface area (Å²) in [6.45, 7) is 8.81. The predicted octanol–water partition coefficient (Wildman–Crippen LogP) is 1.38. The first-order valence-electron chi connectivity index (χ1n) is 7.91. The molecule has 5 heteroatoms. The maximum atomic E-state index is 12.5. The summed E-state index contributed by atoms with van der Waals surface area (Å²) in [6, 6.07) is 6.07. The normalized spacial score (nSPS) is 17.9. The summed E-state index contributed by atoms with van der Waals surface area (Å²) >= 11 is 0. The molecule has 1 atom stereocenters. The monoisotopic (exact) mass is 303 g/mol. The van der Waals surface area contributed by atoms with Crippen molar-refractivity contribution in [1.82, 2.24) is 10.6 Å². The molecule has 0 radical (unpaired) electrons. The molecule has 22 heavy (non-hydrogen) atoms. The van der Waals surface area contributed by atoms with Crippen LogP contribution in [0.4, 0.5) is 5.69 Å². The summed E-state index contributed by atoms with van der Waals surface area (Å²) < 4.78 is 0. The van der Waals surface area contributed by atoms with Crippen LogP contribution in [0.1, 0.15) is 24.5 Å². The van der Waals surface area contributed by atoms with Gasteiger partial charge in [0.1, 0.15) is 5.92 Å². The van der Waals surface area contributed by atoms with Gasteiger partial charge in [0, 0.05) is 25.3 Å². The van der Waals surface area contributed by atoms with E-state index in [9.17, 15) is 9.59 Å². The summed E-state index contributed by atoms with van der Waals surface area (Å²) in [5, 5.41) is 5.98. The predicted molar refractivity (Wildman–Crippen MR) is 87.9 cm³/mol. The lowest BCUT2D eigenvalue weighted by atomic mass is 10.1. The Morgan fingerprint density at radius 1 is 1.23 bits per heavy atom. The fourth-order valence-corrected chi connectivity index (χ4v) is 2.86. The molecule has 120 valence electrons. The van der Waals surface area contributed by atoms with Gasteiger partial charge in [0.15, 0.2) is 0 Å². The van der Waals surface area contributed by atoms with Crippen LogP contribution in [-0.4, -0.2) is 38.0 Å². The SMILES string of the molecule is CCNCCNC(=O)C1CCN(c2cc(C)cc(C)c2)C1=O. The molecule has 0 aliphatic carbocycles. The molecule has 1 unspecified atom stereocenters. The molecule has 0 aromatic heterocycles. The van der Waals surface area contributed by atoms with Gasteiger partial charge in [-0.3, -0.25) is 9.59 Å². The minimum Gasteiger partial charge on any atom is -0.354 e. The first-order valence-corrected chi connectivity index (χ1v) is 7.91. The Morgan fingerprint density at radius 3 is 2.55 bits per heavy atom. The fourth-order valence-electron chi connectivity index (χ4n) is 2.86. The standard InChI is InChI=1S/C17H25N3O2/c1-4-18-6-7-19-16(21)15-5-8-20(17(15)22)14-10-12(2)9-13(3)11-14/h9-11,15,18H,4-8H2,1-3H3,(H,19,21). The molecular weight excluding hydrogens is 278 g/mol. The molecule has 1 aromatic rings. The molecule has 1 heterocycles. The lowest BCUT2D eigenvalue weighted by molar-refractivity contribution is -0.132. The molecule has 1 aliphatic heterocycles. The second-order valence-electron chi connectivity index (χ2n) is 5.82. The Morgan fingerprint density at radius 2 is 1.91 bits per heavy atom. The van der Waals surface area contributed by atoms with E-state index in [4.69, 9.17) is 0 Å². The van der Waals surface area contributed by atoms with E-state index in [1.54, 1.807) is 4.90 Å². The highest BCUT2D eigenvalue weighted by atomic mass is 16.2. The van der Waals surface area contributed by atoms with E-state index in [0.717, 1.165) is 29.9 Å². The molecular formula is C17H25N3O2. The van der Waals surface area contributed by atoms with Crippen molar-refractivity contribution < 1.29 is 9.59 Å². The van der Waals surface area contributed by atoms with Gasteiger partial charge in [-0.2, -0.15) is 0 Å². The number of nitrogens with one attached hydrogen (secondary N) is 2. The van der Waals surface area contributed by atoms with Crippen molar-refractivity contribution in [2.75, 3.05) is 31.1 Å². The summed E-state index contributed by atoms with van der Waals surface area (Å²) in [7, 11) is 0. The quantitative estimate of drug-likeness (QED) is 0.616. The van der Waals surface area contributed by atoms with Gasteiger partial charge in [0.25, 0.3) is 0 Å². The molecule has 1 fully saturated rings. The van der Waals surface area contributed by atoms with Crippen LogP contribution < -0.4 is 15.5 Å². The van der Waals surface area contributed by atoms with E-state index >= 15 is 0 Å². The molecule has 2 amide bonds. The van der Waals surface area contributed by atoms with Crippen LogP contribution in [0.15, 0.2) is 18.2 Å². The Labute approximate surface area is 132 Å². The Kier molecular flexibility index (Phi) is 5.55. The molecule has 0 saturated carbocycles. The average molecular weight is 303 g/mol. The van der Waals surface area contributed by atoms with Crippen molar-refractivity contribution >= 4 is 17.5 Å². The molecule has 0 bridgehead atoms. The van der Waals surface area contributed by atoms with Crippen molar-refractivity contribution in [1.29, 1.82) is 0 Å². The zero-order valence-corrected chi connectivity index (χ0v) is 13.6. The van der Waals surface area contributed by atoms with Crippen LogP contribution in [0.3, 0.4) is 0 Å². The molecule has 2 rings (SSSR count). The second-order valence-corrected chi connectivity index (χ2v) is 5.82. The Balaban J connectivity index is 1.98. The van der Waals surface area contributed by atoms with Crippen LogP contribution in [0.25, 0.3) is 0 Å². The largest absolute Gasteiger partial charge is 0.354 e. The first-order chi connectivity index (χ1) is 10.5. The first kappa shape index (κ1) is 16.5. The number of anilines is 1. The van der Waals surface area contributed by atoms with E-state index < -0.39 is 5.92 Å². The topological polar surface area (TPSA) is 61.4 Å². The lowest BCUT2D eigenvalue weighted by Crippen LogP contribution is -2.39. The van der Waals surface area contributed by atoms with Gasteiger partial charge in [0.2, 0.25) is 11.8 Å². The number of likely N-dealkylation sites (N-methyl/N-ethyl adjacent to an activating group) is 1. The molecule has 5 nitrogen and oxygen atoms in total. The Bertz CT molecular complexity index is 537. The second kappa shape index (κ2) is 7.40.